The Morgan fingerprint density at radius 2 is 2.02 bits per heavy atom. The van der Waals surface area contributed by atoms with Crippen LogP contribution in [0.1, 0.15) is 49.9 Å². The molecule has 4 rings (SSSR count). The number of carbonyl (C=O) groups is 2. The highest BCUT2D eigenvalue weighted by Crippen LogP contribution is 2.34. The SMILES string of the molecule is CCOC(=O)[C@@H]1CCCC[C@H](NC(=O)/C=C/c2c(N(N)/C=N\N)ccc(Cl)c2F)c2cc(ccn2)-c2ccc(NCCOC)cc2N1. The fourth-order valence-corrected chi connectivity index (χ4v) is 5.42. The normalized spacial score (nSPS) is 16.4. The second-order valence-corrected chi connectivity index (χ2v) is 11.2. The van der Waals surface area contributed by atoms with Crippen LogP contribution in [0.2, 0.25) is 5.02 Å². The molecule has 0 unspecified atom stereocenters. The van der Waals surface area contributed by atoms with Crippen molar-refractivity contribution in [3.8, 4) is 11.1 Å². The van der Waals surface area contributed by atoms with Gasteiger partial charge in [-0.05, 0) is 67.8 Å². The maximum Gasteiger partial charge on any atom is 0.328 e. The highest BCUT2D eigenvalue weighted by Gasteiger charge is 2.24. The first-order valence-electron chi connectivity index (χ1n) is 15.3. The van der Waals surface area contributed by atoms with Gasteiger partial charge in [-0.25, -0.2) is 15.0 Å². The number of halogens is 2. The summed E-state index contributed by atoms with van der Waals surface area (Å²) in [5.41, 5.74) is 4.14. The van der Waals surface area contributed by atoms with Crippen molar-refractivity contribution in [1.29, 1.82) is 0 Å². The molecule has 1 amide bonds. The zero-order chi connectivity index (χ0) is 33.8. The fourth-order valence-electron chi connectivity index (χ4n) is 5.25. The number of carbonyl (C=O) groups excluding carboxylic acids is 2. The summed E-state index contributed by atoms with van der Waals surface area (Å²) in [6, 6.07) is 11.5. The highest BCUT2D eigenvalue weighted by atomic mass is 35.5. The van der Waals surface area contributed by atoms with Crippen LogP contribution >= 0.6 is 11.6 Å². The number of anilines is 3. The largest absolute Gasteiger partial charge is 0.464 e. The molecule has 14 heteroatoms. The molecule has 0 saturated carbocycles. The molecule has 250 valence electrons. The number of amides is 1. The van der Waals surface area contributed by atoms with Crippen molar-refractivity contribution in [2.75, 3.05) is 42.5 Å². The van der Waals surface area contributed by atoms with Gasteiger partial charge in [0.05, 0.1) is 35.7 Å². The maximum atomic E-state index is 15.0. The van der Waals surface area contributed by atoms with Gasteiger partial charge < -0.3 is 31.3 Å². The molecule has 12 nitrogen and oxygen atoms in total. The Kier molecular flexibility index (Phi) is 12.9. The van der Waals surface area contributed by atoms with Crippen molar-refractivity contribution in [2.24, 2.45) is 16.8 Å². The monoisotopic (exact) mass is 666 g/mol. The van der Waals surface area contributed by atoms with Gasteiger partial charge in [-0.2, -0.15) is 5.10 Å². The Bertz CT molecular complexity index is 1600. The van der Waals surface area contributed by atoms with E-state index in [1.54, 1.807) is 20.2 Å². The number of hydrogen-bond acceptors (Lipinski definition) is 10. The number of ether oxygens (including phenoxy) is 2. The maximum absolute atomic E-state index is 15.0. The molecule has 1 aliphatic heterocycles. The third-order valence-electron chi connectivity index (χ3n) is 7.54. The van der Waals surface area contributed by atoms with Gasteiger partial charge in [-0.3, -0.25) is 14.8 Å². The molecule has 1 aromatic heterocycles. The number of esters is 1. The number of aromatic nitrogens is 1. The van der Waals surface area contributed by atoms with Crippen molar-refractivity contribution in [2.45, 2.75) is 44.7 Å². The second kappa shape index (κ2) is 17.3. The molecule has 7 N–H and O–H groups in total. The number of pyridine rings is 1. The van der Waals surface area contributed by atoms with E-state index >= 15 is 0 Å². The van der Waals surface area contributed by atoms with Crippen LogP contribution in [0.3, 0.4) is 0 Å². The predicted octanol–water partition coefficient (Wildman–Crippen LogP) is 4.97. The minimum atomic E-state index is -0.755. The number of methoxy groups -OCH3 is 1. The summed E-state index contributed by atoms with van der Waals surface area (Å²) < 4.78 is 25.6. The third-order valence-corrected chi connectivity index (χ3v) is 7.83. The van der Waals surface area contributed by atoms with Gasteiger partial charge in [-0.1, -0.05) is 30.5 Å². The number of nitrogens with two attached hydrogens (primary N) is 2. The molecule has 0 radical (unpaired) electrons. The number of benzene rings is 2. The summed E-state index contributed by atoms with van der Waals surface area (Å²) >= 11 is 6.01. The number of hydrogen-bond donors (Lipinski definition) is 5. The van der Waals surface area contributed by atoms with Crippen LogP contribution in [0.25, 0.3) is 17.2 Å². The molecule has 0 aliphatic carbocycles. The van der Waals surface area contributed by atoms with Gasteiger partial charge in [0.2, 0.25) is 5.91 Å². The summed E-state index contributed by atoms with van der Waals surface area (Å²) in [4.78, 5) is 30.8. The topological polar surface area (TPSA) is 169 Å². The van der Waals surface area contributed by atoms with Crippen LogP contribution < -0.4 is 32.6 Å². The lowest BCUT2D eigenvalue weighted by Gasteiger charge is -2.24. The summed E-state index contributed by atoms with van der Waals surface area (Å²) in [6.45, 7) is 3.20. The Labute approximate surface area is 278 Å². The van der Waals surface area contributed by atoms with Crippen LogP contribution in [-0.4, -0.2) is 56.1 Å². The summed E-state index contributed by atoms with van der Waals surface area (Å²) in [5.74, 6) is 9.56. The Morgan fingerprint density at radius 1 is 1.21 bits per heavy atom. The Balaban J connectivity index is 1.66. The van der Waals surface area contributed by atoms with Gasteiger partial charge in [0.1, 0.15) is 12.4 Å². The number of fused-ring (bicyclic) bond motifs is 4. The van der Waals surface area contributed by atoms with E-state index in [0.717, 1.165) is 33.8 Å². The van der Waals surface area contributed by atoms with Crippen molar-refractivity contribution in [1.82, 2.24) is 10.3 Å². The lowest BCUT2D eigenvalue weighted by atomic mass is 9.96. The molecule has 2 heterocycles. The van der Waals surface area contributed by atoms with E-state index < -0.39 is 23.8 Å². The average Bonchev–Trinajstić information content (AvgIpc) is 3.06. The van der Waals surface area contributed by atoms with E-state index in [2.05, 4.69) is 26.0 Å². The smallest absolute Gasteiger partial charge is 0.328 e. The zero-order valence-electron chi connectivity index (χ0n) is 26.3. The molecule has 2 bridgehead atoms. The molecule has 2 aromatic carbocycles. The number of hydrazine groups is 1. The minimum Gasteiger partial charge on any atom is -0.464 e. The Hall–Kier alpha value is -4.72. The van der Waals surface area contributed by atoms with Crippen molar-refractivity contribution in [3.05, 3.63) is 76.8 Å². The van der Waals surface area contributed by atoms with Gasteiger partial charge in [-0.15, -0.1) is 0 Å². The van der Waals surface area contributed by atoms with Crippen molar-refractivity contribution < 1.29 is 23.5 Å². The first-order valence-corrected chi connectivity index (χ1v) is 15.6. The second-order valence-electron chi connectivity index (χ2n) is 10.7. The van der Waals surface area contributed by atoms with E-state index in [1.165, 1.54) is 24.3 Å². The van der Waals surface area contributed by atoms with Crippen LogP contribution in [0.5, 0.6) is 0 Å². The van der Waals surface area contributed by atoms with E-state index in [4.69, 9.17) is 32.8 Å². The number of nitrogens with one attached hydrogen (secondary N) is 3. The van der Waals surface area contributed by atoms with Gasteiger partial charge in [0.15, 0.2) is 5.82 Å². The summed E-state index contributed by atoms with van der Waals surface area (Å²) in [5, 5.41) is 14.0. The van der Waals surface area contributed by atoms with Crippen molar-refractivity contribution in [3.63, 3.8) is 0 Å². The van der Waals surface area contributed by atoms with Crippen LogP contribution in [0.15, 0.2) is 59.8 Å². The molecule has 47 heavy (non-hydrogen) atoms. The molecule has 2 atom stereocenters. The first-order chi connectivity index (χ1) is 22.7. The molecule has 1 aliphatic rings. The van der Waals surface area contributed by atoms with Gasteiger partial charge in [0.25, 0.3) is 0 Å². The minimum absolute atomic E-state index is 0.0148. The summed E-state index contributed by atoms with van der Waals surface area (Å²) in [6.07, 6.45) is 7.69. The van der Waals surface area contributed by atoms with Crippen molar-refractivity contribution >= 4 is 53.0 Å². The molecule has 0 spiro atoms. The molecule has 0 saturated heterocycles. The van der Waals surface area contributed by atoms with Gasteiger partial charge in [0, 0.05) is 48.4 Å². The molecule has 3 aromatic rings. The average molecular weight is 667 g/mol. The van der Waals surface area contributed by atoms with Crippen LogP contribution in [0, 0.1) is 5.82 Å². The van der Waals surface area contributed by atoms with E-state index in [9.17, 15) is 14.0 Å². The van der Waals surface area contributed by atoms with Crippen LogP contribution in [0.4, 0.5) is 21.5 Å². The fraction of sp³-hybridized carbons (Fsp3) is 0.333. The lowest BCUT2D eigenvalue weighted by molar-refractivity contribution is -0.144. The number of nitrogens with zero attached hydrogens (tertiary/aromatic N) is 3. The quantitative estimate of drug-likeness (QED) is 0.0358. The number of rotatable bonds is 11. The first kappa shape index (κ1) is 35.1. The van der Waals surface area contributed by atoms with E-state index in [-0.39, 0.29) is 28.8 Å². The van der Waals surface area contributed by atoms with E-state index in [0.29, 0.717) is 44.5 Å². The number of hydrazone groups is 1. The molecular weight excluding hydrogens is 627 g/mol. The highest BCUT2D eigenvalue weighted by molar-refractivity contribution is 6.31. The third kappa shape index (κ3) is 9.41. The standard InChI is InChI=1S/C33H40ClFN8O4/c1-3-47-33(45)27-7-5-4-6-26(42-31(44)13-10-24-30(43(37)20-40-36)12-11-25(34)32(24)35)29-18-21(14-15-39-29)23-9-8-22(19-28(23)41-27)38-16-17-46-2/h8-15,18-20,26-27,38,41H,3-7,16-17,36-37H2,1-2H3,(H,42,44)/b13-10+,40-20-/t26-,27-/m0/s1. The lowest BCUT2D eigenvalue weighted by Crippen LogP contribution is -2.32. The predicted molar refractivity (Wildman–Crippen MR) is 183 cm³/mol. The summed E-state index contributed by atoms with van der Waals surface area (Å²) in [7, 11) is 1.64. The molecular formula is C33H40ClFN8O4. The van der Waals surface area contributed by atoms with Crippen LogP contribution in [-0.2, 0) is 19.1 Å². The molecule has 0 fully saturated rings. The van der Waals surface area contributed by atoms with E-state index in [1.807, 2.05) is 30.3 Å². The zero-order valence-corrected chi connectivity index (χ0v) is 27.1. The van der Waals surface area contributed by atoms with Gasteiger partial charge >= 0.3 is 5.97 Å². The Morgan fingerprint density at radius 3 is 2.79 bits per heavy atom.